The second kappa shape index (κ2) is 7.00. The quantitative estimate of drug-likeness (QED) is 0.549. The molecular weight excluding hydrogens is 320 g/mol. The number of rotatable bonds is 5. The molecule has 0 aliphatic carbocycles. The van der Waals surface area contributed by atoms with Crippen molar-refractivity contribution >= 4 is 16.9 Å². The number of aromatic amines is 1. The van der Waals surface area contributed by atoms with Gasteiger partial charge < -0.3 is 10.3 Å². The van der Waals surface area contributed by atoms with E-state index < -0.39 is 0 Å². The Kier molecular flexibility index (Phi) is 4.40. The average Bonchev–Trinajstić information content (AvgIpc) is 3.06. The molecule has 0 bridgehead atoms. The van der Waals surface area contributed by atoms with Gasteiger partial charge in [0.05, 0.1) is 0 Å². The third-order valence-corrected chi connectivity index (χ3v) is 4.71. The van der Waals surface area contributed by atoms with Crippen molar-refractivity contribution in [3.63, 3.8) is 0 Å². The number of fused-ring (bicyclic) bond motifs is 1. The first-order valence-electron chi connectivity index (χ1n) is 8.86. The van der Waals surface area contributed by atoms with Crippen LogP contribution < -0.4 is 5.32 Å². The summed E-state index contributed by atoms with van der Waals surface area (Å²) < 4.78 is 0. The van der Waals surface area contributed by atoms with Gasteiger partial charge in [-0.05, 0) is 48.7 Å². The van der Waals surface area contributed by atoms with Crippen LogP contribution in [0.25, 0.3) is 11.0 Å². The first-order valence-corrected chi connectivity index (χ1v) is 8.86. The Morgan fingerprint density at radius 3 is 2.62 bits per heavy atom. The maximum absolute atomic E-state index is 4.73. The molecule has 0 atom stereocenters. The number of nitrogens with one attached hydrogen (secondary N) is 2. The molecule has 0 saturated heterocycles. The molecule has 2 N–H and O–H groups in total. The molecule has 0 amide bonds. The molecule has 4 aromatic rings. The molecule has 4 rings (SSSR count). The molecule has 3 aromatic heterocycles. The molecule has 0 saturated carbocycles. The van der Waals surface area contributed by atoms with Crippen LogP contribution in [0.3, 0.4) is 0 Å². The summed E-state index contributed by atoms with van der Waals surface area (Å²) in [5.74, 6) is 0.910. The average molecular weight is 342 g/mol. The van der Waals surface area contributed by atoms with Crippen LogP contribution in [0.1, 0.15) is 27.9 Å². The number of H-pyrrole nitrogens is 1. The zero-order chi connectivity index (χ0) is 17.9. The fraction of sp³-hybridized carbons (Fsp3) is 0.182. The number of nitrogens with zero attached hydrogens (tertiary/aromatic N) is 2. The van der Waals surface area contributed by atoms with Crippen LogP contribution >= 0.6 is 0 Å². The summed E-state index contributed by atoms with van der Waals surface area (Å²) in [6, 6.07) is 16.9. The van der Waals surface area contributed by atoms with Gasteiger partial charge in [-0.3, -0.25) is 0 Å². The van der Waals surface area contributed by atoms with Crippen molar-refractivity contribution in [1.82, 2.24) is 15.0 Å². The molecule has 0 spiro atoms. The van der Waals surface area contributed by atoms with Crippen molar-refractivity contribution in [3.05, 3.63) is 88.9 Å². The summed E-state index contributed by atoms with van der Waals surface area (Å²) in [5, 5.41) is 4.58. The van der Waals surface area contributed by atoms with Crippen molar-refractivity contribution in [2.75, 3.05) is 5.32 Å². The monoisotopic (exact) mass is 342 g/mol. The van der Waals surface area contributed by atoms with E-state index in [9.17, 15) is 0 Å². The van der Waals surface area contributed by atoms with E-state index in [2.05, 4.69) is 71.6 Å². The summed E-state index contributed by atoms with van der Waals surface area (Å²) in [4.78, 5) is 12.3. The Bertz CT molecular complexity index is 1030. The molecule has 26 heavy (non-hydrogen) atoms. The number of hydrogen-bond acceptors (Lipinski definition) is 3. The lowest BCUT2D eigenvalue weighted by Crippen LogP contribution is -2.03. The van der Waals surface area contributed by atoms with Gasteiger partial charge >= 0.3 is 0 Å². The van der Waals surface area contributed by atoms with Gasteiger partial charge in [-0.25, -0.2) is 9.97 Å². The zero-order valence-electron chi connectivity index (χ0n) is 15.1. The molecule has 0 radical (unpaired) electrons. The largest absolute Gasteiger partial charge is 0.366 e. The van der Waals surface area contributed by atoms with E-state index in [1.54, 1.807) is 0 Å². The smallest absolute Gasteiger partial charge is 0.137 e. The predicted molar refractivity (Wildman–Crippen MR) is 106 cm³/mol. The van der Waals surface area contributed by atoms with Crippen molar-refractivity contribution in [2.24, 2.45) is 0 Å². The summed E-state index contributed by atoms with van der Waals surface area (Å²) in [6.45, 7) is 4.95. The first kappa shape index (κ1) is 16.3. The normalized spacial score (nSPS) is 11.0. The van der Waals surface area contributed by atoms with E-state index in [4.69, 9.17) is 4.98 Å². The maximum Gasteiger partial charge on any atom is 0.137 e. The topological polar surface area (TPSA) is 53.6 Å². The Balaban J connectivity index is 1.48. The van der Waals surface area contributed by atoms with Crippen molar-refractivity contribution in [3.8, 4) is 0 Å². The lowest BCUT2D eigenvalue weighted by Gasteiger charge is -2.10. The van der Waals surface area contributed by atoms with Gasteiger partial charge in [0, 0.05) is 36.4 Å². The Hall–Kier alpha value is -3.14. The molecule has 0 fully saturated rings. The van der Waals surface area contributed by atoms with Crippen LogP contribution in [0.4, 0.5) is 5.82 Å². The predicted octanol–water partition coefficient (Wildman–Crippen LogP) is 4.78. The summed E-state index contributed by atoms with van der Waals surface area (Å²) in [5.41, 5.74) is 7.00. The minimum Gasteiger partial charge on any atom is -0.366 e. The standard InChI is InChI=1S/C22H22N4/c1-15-5-7-17(8-6-15)13-24-21-10-9-18(16(2)26-21)12-19-14-25-22-20(19)4-3-11-23-22/h3-11,14H,12-13H2,1-2H3,(H,23,25)(H,24,26). The van der Waals surface area contributed by atoms with Crippen molar-refractivity contribution in [1.29, 1.82) is 0 Å². The molecule has 0 aliphatic rings. The van der Waals surface area contributed by atoms with E-state index in [1.807, 2.05) is 18.5 Å². The number of pyridine rings is 2. The molecule has 130 valence electrons. The van der Waals surface area contributed by atoms with Gasteiger partial charge in [0.15, 0.2) is 0 Å². The highest BCUT2D eigenvalue weighted by Gasteiger charge is 2.08. The number of anilines is 1. The lowest BCUT2D eigenvalue weighted by atomic mass is 10.0. The van der Waals surface area contributed by atoms with Crippen LogP contribution in [-0.4, -0.2) is 15.0 Å². The zero-order valence-corrected chi connectivity index (χ0v) is 15.1. The third-order valence-electron chi connectivity index (χ3n) is 4.71. The molecule has 4 heteroatoms. The van der Waals surface area contributed by atoms with Crippen molar-refractivity contribution < 1.29 is 0 Å². The Morgan fingerprint density at radius 2 is 1.81 bits per heavy atom. The number of aryl methyl sites for hydroxylation is 2. The highest BCUT2D eigenvalue weighted by molar-refractivity contribution is 5.79. The van der Waals surface area contributed by atoms with E-state index >= 15 is 0 Å². The van der Waals surface area contributed by atoms with Crippen LogP contribution in [-0.2, 0) is 13.0 Å². The van der Waals surface area contributed by atoms with E-state index in [1.165, 1.54) is 27.6 Å². The Morgan fingerprint density at radius 1 is 0.962 bits per heavy atom. The van der Waals surface area contributed by atoms with E-state index in [0.29, 0.717) is 0 Å². The minimum absolute atomic E-state index is 0.778. The van der Waals surface area contributed by atoms with Gasteiger partial charge in [0.1, 0.15) is 11.5 Å². The van der Waals surface area contributed by atoms with Gasteiger partial charge in [-0.15, -0.1) is 0 Å². The molecular formula is C22H22N4. The molecule has 1 aromatic carbocycles. The third kappa shape index (κ3) is 3.45. The number of aromatic nitrogens is 3. The highest BCUT2D eigenvalue weighted by Crippen LogP contribution is 2.21. The van der Waals surface area contributed by atoms with E-state index in [0.717, 1.165) is 30.1 Å². The molecule has 0 aliphatic heterocycles. The fourth-order valence-corrected chi connectivity index (χ4v) is 3.14. The molecule has 3 heterocycles. The highest BCUT2D eigenvalue weighted by atomic mass is 15.0. The van der Waals surface area contributed by atoms with Gasteiger partial charge in [-0.2, -0.15) is 0 Å². The first-order chi connectivity index (χ1) is 12.7. The molecule has 4 nitrogen and oxygen atoms in total. The minimum atomic E-state index is 0.778. The van der Waals surface area contributed by atoms with Gasteiger partial charge in [0.25, 0.3) is 0 Å². The number of benzene rings is 1. The Labute approximate surface area is 153 Å². The van der Waals surface area contributed by atoms with Crippen molar-refractivity contribution in [2.45, 2.75) is 26.8 Å². The van der Waals surface area contributed by atoms with E-state index in [-0.39, 0.29) is 0 Å². The second-order valence-corrected chi connectivity index (χ2v) is 6.67. The van der Waals surface area contributed by atoms with Gasteiger partial charge in [0.2, 0.25) is 0 Å². The maximum atomic E-state index is 4.73. The summed E-state index contributed by atoms with van der Waals surface area (Å²) in [7, 11) is 0. The number of hydrogen-bond donors (Lipinski definition) is 2. The van der Waals surface area contributed by atoms with Crippen LogP contribution in [0, 0.1) is 13.8 Å². The van der Waals surface area contributed by atoms with Crippen LogP contribution in [0.5, 0.6) is 0 Å². The fourth-order valence-electron chi connectivity index (χ4n) is 3.14. The molecule has 0 unspecified atom stereocenters. The lowest BCUT2D eigenvalue weighted by molar-refractivity contribution is 1.05. The second-order valence-electron chi connectivity index (χ2n) is 6.67. The van der Waals surface area contributed by atoms with Gasteiger partial charge in [-0.1, -0.05) is 35.9 Å². The summed E-state index contributed by atoms with van der Waals surface area (Å²) >= 11 is 0. The SMILES string of the molecule is Cc1ccc(CNc2ccc(Cc3c[nH]c4ncccc34)c(C)n2)cc1. The van der Waals surface area contributed by atoms with Crippen LogP contribution in [0.2, 0.25) is 0 Å². The van der Waals surface area contributed by atoms with Crippen LogP contribution in [0.15, 0.2) is 60.9 Å². The summed E-state index contributed by atoms with van der Waals surface area (Å²) in [6.07, 6.45) is 4.70.